The molecule has 2 heterocycles. The van der Waals surface area contributed by atoms with E-state index in [1.54, 1.807) is 12.4 Å². The third-order valence-electron chi connectivity index (χ3n) is 2.76. The van der Waals surface area contributed by atoms with Crippen LogP contribution in [0.2, 0.25) is 0 Å². The van der Waals surface area contributed by atoms with E-state index in [2.05, 4.69) is 4.98 Å². The molecular formula is C11H16Cl2N2O2. The number of carboxylic acids is 1. The van der Waals surface area contributed by atoms with Gasteiger partial charge in [-0.05, 0) is 31.0 Å². The second kappa shape index (κ2) is 7.48. The summed E-state index contributed by atoms with van der Waals surface area (Å²) < 4.78 is 0. The number of pyridine rings is 1. The molecule has 1 saturated heterocycles. The number of hydrogen-bond donors (Lipinski definition) is 1. The van der Waals surface area contributed by atoms with Gasteiger partial charge in [0.25, 0.3) is 0 Å². The van der Waals surface area contributed by atoms with Gasteiger partial charge in [0.1, 0.15) is 6.04 Å². The van der Waals surface area contributed by atoms with Crippen LogP contribution in [0.15, 0.2) is 24.5 Å². The van der Waals surface area contributed by atoms with Gasteiger partial charge in [-0.3, -0.25) is 14.7 Å². The maximum absolute atomic E-state index is 10.9. The Kier molecular flexibility index (Phi) is 7.11. The summed E-state index contributed by atoms with van der Waals surface area (Å²) in [6.45, 7) is 1.55. The standard InChI is InChI=1S/C11H14N2O2.2ClH/c14-11(15)10-4-2-6-13(10)8-9-3-1-5-12-7-9;;/h1,3,5,7,10H,2,4,6,8H2,(H,14,15);2*1H/t10-;;/m0../s1. The fourth-order valence-corrected chi connectivity index (χ4v) is 2.02. The number of carboxylic acid groups (broad SMARTS) is 1. The molecule has 6 heteroatoms. The summed E-state index contributed by atoms with van der Waals surface area (Å²) >= 11 is 0. The lowest BCUT2D eigenvalue weighted by atomic mass is 10.2. The summed E-state index contributed by atoms with van der Waals surface area (Å²) in [5, 5.41) is 9.00. The lowest BCUT2D eigenvalue weighted by molar-refractivity contribution is -0.142. The van der Waals surface area contributed by atoms with Crippen molar-refractivity contribution in [1.29, 1.82) is 0 Å². The number of aliphatic carboxylic acids is 1. The lowest BCUT2D eigenvalue weighted by Crippen LogP contribution is -2.35. The quantitative estimate of drug-likeness (QED) is 0.919. The van der Waals surface area contributed by atoms with Gasteiger partial charge in [-0.15, -0.1) is 24.8 Å². The predicted octanol–water partition coefficient (Wildman–Crippen LogP) is 1.97. The van der Waals surface area contributed by atoms with Crippen LogP contribution in [-0.4, -0.2) is 33.5 Å². The number of likely N-dealkylation sites (tertiary alicyclic amines) is 1. The number of nitrogens with zero attached hydrogens (tertiary/aromatic N) is 2. The molecule has 0 aliphatic carbocycles. The summed E-state index contributed by atoms with van der Waals surface area (Å²) in [6, 6.07) is 3.54. The minimum absolute atomic E-state index is 0. The van der Waals surface area contributed by atoms with Gasteiger partial charge in [0, 0.05) is 18.9 Å². The van der Waals surface area contributed by atoms with Crippen molar-refractivity contribution in [2.24, 2.45) is 0 Å². The molecule has 1 fully saturated rings. The largest absolute Gasteiger partial charge is 0.480 e. The van der Waals surface area contributed by atoms with E-state index in [0.717, 1.165) is 24.9 Å². The lowest BCUT2D eigenvalue weighted by Gasteiger charge is -2.20. The Balaban J connectivity index is 0.00000128. The Hall–Kier alpha value is -0.840. The maximum atomic E-state index is 10.9. The summed E-state index contributed by atoms with van der Waals surface area (Å²) in [5.74, 6) is -0.712. The van der Waals surface area contributed by atoms with E-state index in [-0.39, 0.29) is 30.9 Å². The minimum Gasteiger partial charge on any atom is -0.480 e. The van der Waals surface area contributed by atoms with Crippen molar-refractivity contribution in [1.82, 2.24) is 9.88 Å². The first-order chi connectivity index (χ1) is 7.27. The molecule has 0 spiro atoms. The highest BCUT2D eigenvalue weighted by atomic mass is 35.5. The maximum Gasteiger partial charge on any atom is 0.320 e. The van der Waals surface area contributed by atoms with Crippen molar-refractivity contribution in [2.45, 2.75) is 25.4 Å². The number of hydrogen-bond acceptors (Lipinski definition) is 3. The summed E-state index contributed by atoms with van der Waals surface area (Å²) in [7, 11) is 0. The minimum atomic E-state index is -0.712. The number of carbonyl (C=O) groups is 1. The molecule has 1 aliphatic heterocycles. The first kappa shape index (κ1) is 16.2. The van der Waals surface area contributed by atoms with Gasteiger partial charge < -0.3 is 5.11 Å². The van der Waals surface area contributed by atoms with Crippen molar-refractivity contribution in [3.63, 3.8) is 0 Å². The molecule has 96 valence electrons. The van der Waals surface area contributed by atoms with Crippen LogP contribution < -0.4 is 0 Å². The smallest absolute Gasteiger partial charge is 0.320 e. The molecule has 1 N–H and O–H groups in total. The van der Waals surface area contributed by atoms with E-state index in [4.69, 9.17) is 5.11 Å². The molecule has 17 heavy (non-hydrogen) atoms. The zero-order chi connectivity index (χ0) is 10.7. The van der Waals surface area contributed by atoms with Gasteiger partial charge in [-0.25, -0.2) is 0 Å². The second-order valence-corrected chi connectivity index (χ2v) is 3.83. The molecule has 0 unspecified atom stereocenters. The molecule has 1 aromatic heterocycles. The van der Waals surface area contributed by atoms with Gasteiger partial charge in [0.05, 0.1) is 0 Å². The van der Waals surface area contributed by atoms with Crippen LogP contribution in [-0.2, 0) is 11.3 Å². The topological polar surface area (TPSA) is 53.4 Å². The van der Waals surface area contributed by atoms with Crippen molar-refractivity contribution < 1.29 is 9.90 Å². The molecule has 1 aromatic rings. The van der Waals surface area contributed by atoms with E-state index in [0.29, 0.717) is 6.54 Å². The zero-order valence-electron chi connectivity index (χ0n) is 9.28. The van der Waals surface area contributed by atoms with Crippen molar-refractivity contribution in [3.8, 4) is 0 Å². The van der Waals surface area contributed by atoms with E-state index >= 15 is 0 Å². The van der Waals surface area contributed by atoms with Gasteiger partial charge in [0.15, 0.2) is 0 Å². The Labute approximate surface area is 113 Å². The molecule has 1 aliphatic rings. The van der Waals surface area contributed by atoms with Crippen LogP contribution in [0.25, 0.3) is 0 Å². The number of halogens is 2. The number of aromatic nitrogens is 1. The second-order valence-electron chi connectivity index (χ2n) is 3.83. The van der Waals surface area contributed by atoms with E-state index in [1.807, 2.05) is 17.0 Å². The van der Waals surface area contributed by atoms with Crippen LogP contribution in [0.5, 0.6) is 0 Å². The molecule has 0 amide bonds. The summed E-state index contributed by atoms with van der Waals surface area (Å²) in [5.41, 5.74) is 1.07. The molecule has 1 atom stereocenters. The Morgan fingerprint density at radius 1 is 1.53 bits per heavy atom. The van der Waals surface area contributed by atoms with Crippen LogP contribution in [0, 0.1) is 0 Å². The van der Waals surface area contributed by atoms with Gasteiger partial charge in [0.2, 0.25) is 0 Å². The molecular weight excluding hydrogens is 263 g/mol. The first-order valence-corrected chi connectivity index (χ1v) is 5.13. The van der Waals surface area contributed by atoms with Crippen molar-refractivity contribution in [2.75, 3.05) is 6.54 Å². The van der Waals surface area contributed by atoms with Gasteiger partial charge in [-0.1, -0.05) is 6.07 Å². The molecule has 2 rings (SSSR count). The Morgan fingerprint density at radius 3 is 2.88 bits per heavy atom. The van der Waals surface area contributed by atoms with Gasteiger partial charge >= 0.3 is 5.97 Å². The van der Waals surface area contributed by atoms with Crippen LogP contribution in [0.4, 0.5) is 0 Å². The Bertz CT molecular complexity index is 349. The van der Waals surface area contributed by atoms with Crippen LogP contribution in [0.1, 0.15) is 18.4 Å². The van der Waals surface area contributed by atoms with Crippen LogP contribution in [0.3, 0.4) is 0 Å². The van der Waals surface area contributed by atoms with Crippen LogP contribution >= 0.6 is 24.8 Å². The molecule has 0 aromatic carbocycles. The predicted molar refractivity (Wildman–Crippen MR) is 69.8 cm³/mol. The van der Waals surface area contributed by atoms with E-state index in [9.17, 15) is 4.79 Å². The summed E-state index contributed by atoms with van der Waals surface area (Å²) in [6.07, 6.45) is 5.24. The average molecular weight is 279 g/mol. The number of rotatable bonds is 3. The molecule has 0 saturated carbocycles. The normalized spacial score (nSPS) is 19.2. The third-order valence-corrected chi connectivity index (χ3v) is 2.76. The first-order valence-electron chi connectivity index (χ1n) is 5.13. The van der Waals surface area contributed by atoms with Crippen molar-refractivity contribution in [3.05, 3.63) is 30.1 Å². The average Bonchev–Trinajstić information content (AvgIpc) is 2.67. The highest BCUT2D eigenvalue weighted by molar-refractivity contribution is 5.85. The molecule has 4 nitrogen and oxygen atoms in total. The fraction of sp³-hybridized carbons (Fsp3) is 0.455. The highest BCUT2D eigenvalue weighted by Crippen LogP contribution is 2.19. The monoisotopic (exact) mass is 278 g/mol. The van der Waals surface area contributed by atoms with E-state index < -0.39 is 5.97 Å². The van der Waals surface area contributed by atoms with Crippen molar-refractivity contribution >= 4 is 30.8 Å². The SMILES string of the molecule is Cl.Cl.O=C(O)[C@@H]1CCCN1Cc1cccnc1. The van der Waals surface area contributed by atoms with E-state index in [1.165, 1.54) is 0 Å². The summed E-state index contributed by atoms with van der Waals surface area (Å²) in [4.78, 5) is 17.0. The third kappa shape index (κ3) is 4.15. The molecule has 0 bridgehead atoms. The fourth-order valence-electron chi connectivity index (χ4n) is 2.02. The molecule has 0 radical (unpaired) electrons. The Morgan fingerprint density at radius 2 is 2.29 bits per heavy atom. The highest BCUT2D eigenvalue weighted by Gasteiger charge is 2.30. The zero-order valence-corrected chi connectivity index (χ0v) is 10.9. The van der Waals surface area contributed by atoms with Gasteiger partial charge in [-0.2, -0.15) is 0 Å².